The molecule has 4 heteroatoms. The maximum Gasteiger partial charge on any atom is 0.149 e. The van der Waals surface area contributed by atoms with Crippen LogP contribution in [0.1, 0.15) is 52.7 Å². The third-order valence-electron chi connectivity index (χ3n) is 11.3. The number of pyridine rings is 1. The molecular weight excluding hydrogens is 707 g/mol. The van der Waals surface area contributed by atoms with Crippen LogP contribution in [0.15, 0.2) is 170 Å². The molecule has 0 amide bonds. The Hall–Kier alpha value is -6.78. The van der Waals surface area contributed by atoms with E-state index in [0.717, 1.165) is 72.1 Å². The lowest BCUT2D eigenvalue weighted by molar-refractivity contribution is 0.475. The van der Waals surface area contributed by atoms with Crippen molar-refractivity contribution in [3.63, 3.8) is 0 Å². The number of benzene rings is 7. The summed E-state index contributed by atoms with van der Waals surface area (Å²) >= 11 is 0. The van der Waals surface area contributed by atoms with Crippen LogP contribution in [-0.4, -0.2) is 19.6 Å². The molecule has 2 heterocycles. The van der Waals surface area contributed by atoms with Crippen molar-refractivity contribution < 1.29 is 5.11 Å². The molecule has 58 heavy (non-hydrogen) atoms. The summed E-state index contributed by atoms with van der Waals surface area (Å²) in [5.41, 5.74) is 15.4. The fourth-order valence-electron chi connectivity index (χ4n) is 8.06. The monoisotopic (exact) mass is 753 g/mol. The van der Waals surface area contributed by atoms with Crippen LogP contribution in [0.2, 0.25) is 0 Å². The summed E-state index contributed by atoms with van der Waals surface area (Å²) in [6.07, 6.45) is 1.91. The zero-order valence-electron chi connectivity index (χ0n) is 34.0. The van der Waals surface area contributed by atoms with Gasteiger partial charge in [0, 0.05) is 28.4 Å². The van der Waals surface area contributed by atoms with Crippen LogP contribution < -0.4 is 0 Å². The van der Waals surface area contributed by atoms with Gasteiger partial charge in [-0.15, -0.1) is 0 Å². The molecule has 4 nitrogen and oxygen atoms in total. The molecule has 0 unspecified atom stereocenters. The van der Waals surface area contributed by atoms with Gasteiger partial charge in [0.25, 0.3) is 0 Å². The molecule has 0 fully saturated rings. The molecule has 0 saturated carbocycles. The van der Waals surface area contributed by atoms with Crippen molar-refractivity contribution in [2.24, 2.45) is 0 Å². The first kappa shape index (κ1) is 36.8. The Labute approximate surface area is 341 Å². The van der Waals surface area contributed by atoms with E-state index in [9.17, 15) is 5.11 Å². The molecule has 0 spiro atoms. The number of rotatable bonds is 6. The fraction of sp³-hybridized carbons (Fsp3) is 0.148. The van der Waals surface area contributed by atoms with E-state index in [2.05, 4.69) is 192 Å². The van der Waals surface area contributed by atoms with Crippen molar-refractivity contribution >= 4 is 21.9 Å². The summed E-state index contributed by atoms with van der Waals surface area (Å²) in [6, 6.07) is 57.6. The Balaban J connectivity index is 1.31. The van der Waals surface area contributed by atoms with Crippen molar-refractivity contribution in [1.82, 2.24) is 14.5 Å². The molecule has 0 radical (unpaired) electrons. The van der Waals surface area contributed by atoms with Gasteiger partial charge in [0.2, 0.25) is 0 Å². The van der Waals surface area contributed by atoms with Gasteiger partial charge >= 0.3 is 0 Å². The molecule has 9 rings (SSSR count). The Kier molecular flexibility index (Phi) is 9.09. The van der Waals surface area contributed by atoms with Crippen LogP contribution in [0.4, 0.5) is 0 Å². The molecule has 2 aromatic heterocycles. The highest BCUT2D eigenvalue weighted by atomic mass is 16.3. The minimum absolute atomic E-state index is 0.000940. The van der Waals surface area contributed by atoms with Gasteiger partial charge < -0.3 is 5.11 Å². The second-order valence-corrected chi connectivity index (χ2v) is 17.3. The van der Waals surface area contributed by atoms with Crippen LogP contribution in [0.25, 0.3) is 83.5 Å². The highest BCUT2D eigenvalue weighted by Crippen LogP contribution is 2.43. The Morgan fingerprint density at radius 3 is 1.76 bits per heavy atom. The lowest BCUT2D eigenvalue weighted by Crippen LogP contribution is -2.11. The number of aromatic hydroxyl groups is 1. The van der Waals surface area contributed by atoms with Gasteiger partial charge in [-0.05, 0) is 104 Å². The van der Waals surface area contributed by atoms with Gasteiger partial charge in [-0.25, -0.2) is 4.98 Å². The molecule has 1 N–H and O–H groups in total. The number of phenols is 1. The van der Waals surface area contributed by atoms with Crippen LogP contribution in [-0.2, 0) is 10.8 Å². The summed E-state index contributed by atoms with van der Waals surface area (Å²) in [7, 11) is 0. The van der Waals surface area contributed by atoms with E-state index in [1.165, 1.54) is 11.1 Å². The van der Waals surface area contributed by atoms with E-state index >= 15 is 0 Å². The Bertz CT molecular complexity index is 2950. The summed E-state index contributed by atoms with van der Waals surface area (Å²) in [5.74, 6) is 0.887. The normalized spacial score (nSPS) is 12.0. The predicted molar refractivity (Wildman–Crippen MR) is 243 cm³/mol. The molecule has 0 saturated heterocycles. The van der Waals surface area contributed by atoms with Crippen molar-refractivity contribution in [1.29, 1.82) is 0 Å². The number of fused-ring (bicyclic) bond motifs is 2. The summed E-state index contributed by atoms with van der Waals surface area (Å²) < 4.78 is 2.22. The number of nitrogens with zero attached hydrogens (tertiary/aromatic N) is 3. The average Bonchev–Trinajstić information content (AvgIpc) is 3.62. The summed E-state index contributed by atoms with van der Waals surface area (Å²) in [4.78, 5) is 10.5. The largest absolute Gasteiger partial charge is 0.507 e. The van der Waals surface area contributed by atoms with E-state index in [0.29, 0.717) is 11.4 Å². The topological polar surface area (TPSA) is 50.9 Å². The van der Waals surface area contributed by atoms with Crippen molar-refractivity contribution in [2.75, 3.05) is 0 Å². The van der Waals surface area contributed by atoms with Gasteiger partial charge in [-0.1, -0.05) is 157 Å². The van der Waals surface area contributed by atoms with Gasteiger partial charge in [0.05, 0.1) is 22.1 Å². The zero-order chi connectivity index (χ0) is 40.2. The fourth-order valence-corrected chi connectivity index (χ4v) is 8.06. The van der Waals surface area contributed by atoms with Gasteiger partial charge in [-0.3, -0.25) is 9.55 Å². The number of aromatic nitrogens is 3. The molecule has 7 aromatic carbocycles. The summed E-state index contributed by atoms with van der Waals surface area (Å²) in [5, 5.41) is 12.7. The van der Waals surface area contributed by atoms with Crippen LogP contribution >= 0.6 is 0 Å². The van der Waals surface area contributed by atoms with Crippen LogP contribution in [0.3, 0.4) is 0 Å². The highest BCUT2D eigenvalue weighted by molar-refractivity contribution is 6.04. The van der Waals surface area contributed by atoms with Crippen LogP contribution in [0.5, 0.6) is 5.75 Å². The van der Waals surface area contributed by atoms with E-state index < -0.39 is 0 Å². The predicted octanol–water partition coefficient (Wildman–Crippen LogP) is 14.2. The SMILES string of the molecule is CC(C)(C)c1ccc(-n2c(-c3cc(C(C)(C)C)ccc3O)nc3c(-c4cccc(-c5cccc6c(-c7ccccc7)ccnc56)c4)cc(-c4ccccc4)cc32)cc1. The molecule has 9 aromatic rings. The third kappa shape index (κ3) is 6.75. The van der Waals surface area contributed by atoms with Gasteiger partial charge in [0.1, 0.15) is 11.6 Å². The smallest absolute Gasteiger partial charge is 0.149 e. The number of imidazole rings is 1. The van der Waals surface area contributed by atoms with Crippen LogP contribution in [0, 0.1) is 0 Å². The average molecular weight is 754 g/mol. The molecule has 0 aliphatic heterocycles. The van der Waals surface area contributed by atoms with Gasteiger partial charge in [-0.2, -0.15) is 0 Å². The third-order valence-corrected chi connectivity index (χ3v) is 11.3. The van der Waals surface area contributed by atoms with E-state index in [1.54, 1.807) is 0 Å². The quantitative estimate of drug-likeness (QED) is 0.184. The maximum atomic E-state index is 11.6. The highest BCUT2D eigenvalue weighted by Gasteiger charge is 2.24. The first-order chi connectivity index (χ1) is 27.9. The number of hydrogen-bond acceptors (Lipinski definition) is 3. The number of phenolic OH excluding ortho intramolecular Hbond substituents is 1. The maximum absolute atomic E-state index is 11.6. The Morgan fingerprint density at radius 2 is 1.07 bits per heavy atom. The minimum atomic E-state index is -0.127. The minimum Gasteiger partial charge on any atom is -0.507 e. The lowest BCUT2D eigenvalue weighted by atomic mass is 9.86. The zero-order valence-corrected chi connectivity index (χ0v) is 34.0. The molecule has 0 aliphatic carbocycles. The second kappa shape index (κ2) is 14.3. The first-order valence-corrected chi connectivity index (χ1v) is 20.0. The summed E-state index contributed by atoms with van der Waals surface area (Å²) in [6.45, 7) is 13.3. The number of para-hydroxylation sites is 1. The Morgan fingerprint density at radius 1 is 0.448 bits per heavy atom. The molecule has 0 atom stereocenters. The van der Waals surface area contributed by atoms with E-state index in [1.807, 2.05) is 24.4 Å². The molecule has 0 aliphatic rings. The lowest BCUT2D eigenvalue weighted by Gasteiger charge is -2.21. The molecule has 0 bridgehead atoms. The van der Waals surface area contributed by atoms with Gasteiger partial charge in [0.15, 0.2) is 0 Å². The van der Waals surface area contributed by atoms with Crippen molar-refractivity contribution in [3.8, 4) is 67.3 Å². The first-order valence-electron chi connectivity index (χ1n) is 20.0. The molecule has 284 valence electrons. The second-order valence-electron chi connectivity index (χ2n) is 17.3. The molecular formula is C54H47N3O. The van der Waals surface area contributed by atoms with E-state index in [-0.39, 0.29) is 16.6 Å². The van der Waals surface area contributed by atoms with Crippen molar-refractivity contribution in [3.05, 3.63) is 181 Å². The van der Waals surface area contributed by atoms with E-state index in [4.69, 9.17) is 9.97 Å². The van der Waals surface area contributed by atoms with Crippen molar-refractivity contribution in [2.45, 2.75) is 52.4 Å². The number of hydrogen-bond donors (Lipinski definition) is 1. The standard InChI is InChI=1S/C54H47N3O/c1-53(2,3)40-23-26-42(27-24-40)57-48-33-39(35-15-9-7-10-16-35)32-46(51(48)56-52(57)47-34-41(54(4,5)6)25-28-49(47)58)38-20-13-19-37(31-38)44-21-14-22-45-43(29-30-55-50(44)45)36-17-11-8-12-18-36/h7-34,58H,1-6H3.